The fourth-order valence-electron chi connectivity index (χ4n) is 6.16. The van der Waals surface area contributed by atoms with Gasteiger partial charge in [-0.2, -0.15) is 5.10 Å². The molecule has 2 aromatic carbocycles. The number of hydrogen-bond acceptors (Lipinski definition) is 6. The van der Waals surface area contributed by atoms with Crippen LogP contribution < -0.4 is 14.2 Å². The Hall–Kier alpha value is -3.19. The smallest absolute Gasteiger partial charge is 0.252 e. The Labute approximate surface area is 225 Å². The van der Waals surface area contributed by atoms with E-state index in [0.29, 0.717) is 30.9 Å². The molecule has 204 valence electrons. The second kappa shape index (κ2) is 9.23. The number of aromatic hydroxyl groups is 1. The maximum Gasteiger partial charge on any atom is 0.252 e. The van der Waals surface area contributed by atoms with Crippen LogP contribution in [0.2, 0.25) is 0 Å². The summed E-state index contributed by atoms with van der Waals surface area (Å²) in [5.74, 6) is 1.99. The lowest BCUT2D eigenvalue weighted by atomic mass is 9.69. The Balaban J connectivity index is 1.36. The van der Waals surface area contributed by atoms with Crippen molar-refractivity contribution in [2.75, 3.05) is 6.61 Å². The molecule has 0 aliphatic carbocycles. The number of hydrogen-bond donors (Lipinski definition) is 2. The Morgan fingerprint density at radius 1 is 0.895 bits per heavy atom. The molecule has 1 spiro atoms. The van der Waals surface area contributed by atoms with Gasteiger partial charge in [-0.1, -0.05) is 27.7 Å². The second-order valence-electron chi connectivity index (χ2n) is 12.3. The third-order valence-electron chi connectivity index (χ3n) is 8.01. The highest BCUT2D eigenvalue weighted by molar-refractivity contribution is 5.53. The zero-order chi connectivity index (χ0) is 27.5. The van der Waals surface area contributed by atoms with Crippen LogP contribution >= 0.6 is 0 Å². The fraction of sp³-hybridized carbons (Fsp3) is 0.516. The van der Waals surface area contributed by atoms with Crippen LogP contribution in [0, 0.1) is 20.8 Å². The number of aromatic nitrogens is 2. The quantitative estimate of drug-likeness (QED) is 0.388. The average molecular weight is 521 g/mol. The van der Waals surface area contributed by atoms with E-state index in [9.17, 15) is 10.2 Å². The average Bonchev–Trinajstić information content (AvgIpc) is 3.17. The molecule has 5 rings (SSSR count). The van der Waals surface area contributed by atoms with Crippen molar-refractivity contribution in [3.63, 3.8) is 0 Å². The Morgan fingerprint density at radius 2 is 1.50 bits per heavy atom. The number of nitrogens with zero attached hydrogens (tertiary/aromatic N) is 2. The van der Waals surface area contributed by atoms with E-state index in [4.69, 9.17) is 14.2 Å². The first-order valence-electron chi connectivity index (χ1n) is 13.5. The van der Waals surface area contributed by atoms with E-state index < -0.39 is 5.79 Å². The monoisotopic (exact) mass is 520 g/mol. The summed E-state index contributed by atoms with van der Waals surface area (Å²) in [6.07, 6.45) is 2.19. The molecule has 2 aliphatic heterocycles. The lowest BCUT2D eigenvalue weighted by molar-refractivity contribution is -0.166. The van der Waals surface area contributed by atoms with Crippen molar-refractivity contribution in [1.29, 1.82) is 0 Å². The zero-order valence-corrected chi connectivity index (χ0v) is 23.6. The van der Waals surface area contributed by atoms with Gasteiger partial charge in [-0.3, -0.25) is 4.68 Å². The van der Waals surface area contributed by atoms with Crippen LogP contribution in [0.5, 0.6) is 23.0 Å². The number of aryl methyl sites for hydroxylation is 4. The molecular weight excluding hydrogens is 480 g/mol. The first-order chi connectivity index (χ1) is 17.8. The molecular formula is C31H40N2O5. The largest absolute Gasteiger partial charge is 0.508 e. The van der Waals surface area contributed by atoms with E-state index in [-0.39, 0.29) is 17.4 Å². The Morgan fingerprint density at radius 3 is 2.11 bits per heavy atom. The third kappa shape index (κ3) is 4.73. The molecule has 3 heterocycles. The van der Waals surface area contributed by atoms with E-state index in [1.165, 1.54) is 0 Å². The standard InChI is InChI=1S/C31H40N2O5/c1-19-11-27-23(14-25(19)35)29(4,5)17-31(37-27)18-30(6,7)24-15-26(20(2)12-28(24)38-31)36-10-8-9-33-21(3)13-22(16-34)32-33/h11-15,34-35H,8-10,16-18H2,1-7H3. The van der Waals surface area contributed by atoms with Crippen molar-refractivity contribution in [2.24, 2.45) is 0 Å². The molecule has 0 bridgehead atoms. The van der Waals surface area contributed by atoms with Gasteiger partial charge in [-0.25, -0.2) is 0 Å². The Kier molecular flexibility index (Phi) is 6.41. The number of rotatable bonds is 6. The van der Waals surface area contributed by atoms with Crippen molar-refractivity contribution in [3.05, 3.63) is 64.0 Å². The number of benzene rings is 2. The third-order valence-corrected chi connectivity index (χ3v) is 8.01. The molecule has 0 fully saturated rings. The minimum absolute atomic E-state index is 0.0456. The first kappa shape index (κ1) is 26.4. The predicted octanol–water partition coefficient (Wildman–Crippen LogP) is 5.99. The van der Waals surface area contributed by atoms with Crippen molar-refractivity contribution < 1.29 is 24.4 Å². The summed E-state index contributed by atoms with van der Waals surface area (Å²) in [5.41, 5.74) is 5.24. The van der Waals surface area contributed by atoms with Gasteiger partial charge in [-0.05, 0) is 62.2 Å². The highest BCUT2D eigenvalue weighted by atomic mass is 16.7. The summed E-state index contributed by atoms with van der Waals surface area (Å²) in [6.45, 7) is 16.0. The summed E-state index contributed by atoms with van der Waals surface area (Å²) in [4.78, 5) is 0. The molecule has 0 saturated heterocycles. The van der Waals surface area contributed by atoms with Crippen molar-refractivity contribution in [2.45, 2.75) is 97.5 Å². The van der Waals surface area contributed by atoms with Gasteiger partial charge in [0, 0.05) is 53.5 Å². The fourth-order valence-corrected chi connectivity index (χ4v) is 6.16. The van der Waals surface area contributed by atoms with Crippen LogP contribution in [0.25, 0.3) is 0 Å². The normalized spacial score (nSPS) is 20.8. The van der Waals surface area contributed by atoms with E-state index in [2.05, 4.69) is 44.9 Å². The van der Waals surface area contributed by atoms with Crippen molar-refractivity contribution in [3.8, 4) is 23.0 Å². The maximum atomic E-state index is 10.3. The topological polar surface area (TPSA) is 86.0 Å². The number of phenols is 1. The maximum absolute atomic E-state index is 10.3. The highest BCUT2D eigenvalue weighted by Gasteiger charge is 2.53. The van der Waals surface area contributed by atoms with Crippen LogP contribution in [0.4, 0.5) is 0 Å². The number of fused-ring (bicyclic) bond motifs is 2. The minimum Gasteiger partial charge on any atom is -0.508 e. The van der Waals surface area contributed by atoms with Gasteiger partial charge in [-0.15, -0.1) is 0 Å². The molecule has 0 radical (unpaired) electrons. The molecule has 0 amide bonds. The van der Waals surface area contributed by atoms with Gasteiger partial charge in [0.2, 0.25) is 0 Å². The summed E-state index contributed by atoms with van der Waals surface area (Å²) in [7, 11) is 0. The van der Waals surface area contributed by atoms with Crippen LogP contribution in [0.3, 0.4) is 0 Å². The zero-order valence-electron chi connectivity index (χ0n) is 23.6. The summed E-state index contributed by atoms with van der Waals surface area (Å²) in [5, 5.41) is 24.0. The molecule has 7 nitrogen and oxygen atoms in total. The molecule has 7 heteroatoms. The molecule has 1 atom stereocenters. The Bertz CT molecular complexity index is 1370. The van der Waals surface area contributed by atoms with E-state index >= 15 is 0 Å². The SMILES string of the molecule is Cc1cc2c(cc1O)C(C)(C)CC1(CC(C)(C)c3cc(OCCCn4nc(CO)cc4C)c(C)cc3O1)O2. The molecule has 0 saturated carbocycles. The summed E-state index contributed by atoms with van der Waals surface area (Å²) in [6, 6.07) is 9.88. The number of aliphatic hydroxyl groups excluding tert-OH is 1. The number of ether oxygens (including phenoxy) is 3. The highest BCUT2D eigenvalue weighted by Crippen LogP contribution is 2.55. The van der Waals surface area contributed by atoms with E-state index in [1.54, 1.807) is 0 Å². The van der Waals surface area contributed by atoms with Crippen LogP contribution in [-0.2, 0) is 24.0 Å². The van der Waals surface area contributed by atoms with Gasteiger partial charge in [0.15, 0.2) is 0 Å². The van der Waals surface area contributed by atoms with Crippen molar-refractivity contribution in [1.82, 2.24) is 9.78 Å². The predicted molar refractivity (Wildman–Crippen MR) is 146 cm³/mol. The molecule has 3 aromatic rings. The molecule has 1 aromatic heterocycles. The van der Waals surface area contributed by atoms with Crippen LogP contribution in [-0.4, -0.2) is 32.4 Å². The summed E-state index contributed by atoms with van der Waals surface area (Å²) >= 11 is 0. The molecule has 2 N–H and O–H groups in total. The van der Waals surface area contributed by atoms with Gasteiger partial charge in [0.25, 0.3) is 5.79 Å². The lowest BCUT2D eigenvalue weighted by Gasteiger charge is -2.51. The van der Waals surface area contributed by atoms with Crippen LogP contribution in [0.15, 0.2) is 30.3 Å². The molecule has 38 heavy (non-hydrogen) atoms. The van der Waals surface area contributed by atoms with Crippen LogP contribution in [0.1, 0.15) is 80.6 Å². The first-order valence-corrected chi connectivity index (χ1v) is 13.5. The molecule has 2 aliphatic rings. The molecule has 1 unspecified atom stereocenters. The van der Waals surface area contributed by atoms with Crippen molar-refractivity contribution >= 4 is 0 Å². The minimum atomic E-state index is -0.791. The van der Waals surface area contributed by atoms with Gasteiger partial charge >= 0.3 is 0 Å². The van der Waals surface area contributed by atoms with E-state index in [0.717, 1.165) is 58.2 Å². The lowest BCUT2D eigenvalue weighted by Crippen LogP contribution is -2.55. The van der Waals surface area contributed by atoms with Gasteiger partial charge in [0.1, 0.15) is 23.0 Å². The van der Waals surface area contributed by atoms with Gasteiger partial charge in [0.05, 0.1) is 18.9 Å². The number of aliphatic hydroxyl groups is 1. The summed E-state index contributed by atoms with van der Waals surface area (Å²) < 4.78 is 21.5. The second-order valence-corrected chi connectivity index (χ2v) is 12.3. The van der Waals surface area contributed by atoms with E-state index in [1.807, 2.05) is 43.7 Å². The van der Waals surface area contributed by atoms with Gasteiger partial charge < -0.3 is 24.4 Å². The number of phenolic OH excluding ortho intramolecular Hbond substituents is 1.